The van der Waals surface area contributed by atoms with Crippen molar-refractivity contribution in [3.8, 4) is 0 Å². The molecule has 1 rings (SSSR count). The van der Waals surface area contributed by atoms with Gasteiger partial charge >= 0.3 is 0 Å². The summed E-state index contributed by atoms with van der Waals surface area (Å²) in [7, 11) is -3.01. The molecular weight excluding hydrogens is 230 g/mol. The highest BCUT2D eigenvalue weighted by Crippen LogP contribution is 2.07. The summed E-state index contributed by atoms with van der Waals surface area (Å²) in [6.07, 6.45) is 4.15. The molecule has 16 heavy (non-hydrogen) atoms. The largest absolute Gasteiger partial charge is 0.365 e. The molecule has 1 aromatic rings. The monoisotopic (exact) mass is 245 g/mol. The molecule has 0 amide bonds. The van der Waals surface area contributed by atoms with Gasteiger partial charge in [0, 0.05) is 12.3 Å². The molecule has 0 aliphatic carbocycles. The van der Waals surface area contributed by atoms with Gasteiger partial charge in [0.25, 0.3) is 0 Å². The minimum absolute atomic E-state index is 0.0367. The Kier molecular flexibility index (Phi) is 4.02. The first kappa shape index (κ1) is 12.7. The number of nitrogens with one attached hydrogen (secondary N) is 2. The summed E-state index contributed by atoms with van der Waals surface area (Å²) in [5, 5.41) is 2.92. The second-order valence-electron chi connectivity index (χ2n) is 3.57. The van der Waals surface area contributed by atoms with E-state index in [1.54, 1.807) is 6.92 Å². The lowest BCUT2D eigenvalue weighted by Crippen LogP contribution is -2.25. The van der Waals surface area contributed by atoms with Crippen molar-refractivity contribution in [3.63, 3.8) is 0 Å². The van der Waals surface area contributed by atoms with E-state index < -0.39 is 9.84 Å². The van der Waals surface area contributed by atoms with E-state index in [1.807, 2.05) is 0 Å². The Labute approximate surface area is 94.4 Å². The maximum Gasteiger partial charge on any atom is 0.160 e. The summed E-state index contributed by atoms with van der Waals surface area (Å²) in [6.45, 7) is 1.76. The lowest BCUT2D eigenvalue weighted by atomic mass is 10.4. The molecule has 0 aromatic carbocycles. The SMILES string of the molecule is CC(CS(C)(=O)=O)Nc1cncc(NN)n1. The predicted octanol–water partition coefficient (Wildman–Crippen LogP) is -0.393. The number of anilines is 2. The molecule has 90 valence electrons. The van der Waals surface area contributed by atoms with E-state index in [-0.39, 0.29) is 11.8 Å². The summed E-state index contributed by atoms with van der Waals surface area (Å²) < 4.78 is 22.1. The van der Waals surface area contributed by atoms with Crippen molar-refractivity contribution in [2.24, 2.45) is 5.84 Å². The normalized spacial score (nSPS) is 13.2. The van der Waals surface area contributed by atoms with E-state index in [2.05, 4.69) is 20.7 Å². The van der Waals surface area contributed by atoms with Crippen LogP contribution in [0.25, 0.3) is 0 Å². The van der Waals surface area contributed by atoms with Crippen molar-refractivity contribution >= 4 is 21.5 Å². The van der Waals surface area contributed by atoms with Crippen molar-refractivity contribution in [3.05, 3.63) is 12.4 Å². The van der Waals surface area contributed by atoms with Gasteiger partial charge in [-0.15, -0.1) is 0 Å². The first-order chi connectivity index (χ1) is 7.40. The summed E-state index contributed by atoms with van der Waals surface area (Å²) in [4.78, 5) is 7.94. The quantitative estimate of drug-likeness (QED) is 0.478. The Morgan fingerprint density at radius 3 is 2.62 bits per heavy atom. The first-order valence-electron chi connectivity index (χ1n) is 4.63. The molecule has 1 heterocycles. The number of rotatable bonds is 5. The standard InChI is InChI=1S/C8H15N5O2S/c1-6(5-16(2,14)15)11-7-3-10-4-8(12-7)13-9/h3-4,6H,5,9H2,1-2H3,(H2,11,12,13). The molecule has 0 saturated heterocycles. The first-order valence-corrected chi connectivity index (χ1v) is 6.69. The van der Waals surface area contributed by atoms with E-state index in [0.29, 0.717) is 11.6 Å². The van der Waals surface area contributed by atoms with Crippen molar-refractivity contribution in [1.29, 1.82) is 0 Å². The minimum Gasteiger partial charge on any atom is -0.365 e. The van der Waals surface area contributed by atoms with Crippen LogP contribution in [0.2, 0.25) is 0 Å². The molecule has 8 heteroatoms. The number of nitrogens with zero attached hydrogens (tertiary/aromatic N) is 2. The van der Waals surface area contributed by atoms with Gasteiger partial charge in [-0.25, -0.2) is 19.2 Å². The lowest BCUT2D eigenvalue weighted by Gasteiger charge is -2.13. The third-order valence-corrected chi connectivity index (χ3v) is 2.83. The molecule has 1 aromatic heterocycles. The molecular formula is C8H15N5O2S. The Hall–Kier alpha value is -1.41. The molecule has 0 aliphatic rings. The molecule has 0 saturated carbocycles. The molecule has 0 spiro atoms. The van der Waals surface area contributed by atoms with Crippen molar-refractivity contribution in [2.45, 2.75) is 13.0 Å². The van der Waals surface area contributed by atoms with Gasteiger partial charge in [-0.05, 0) is 6.92 Å². The molecule has 0 fully saturated rings. The fourth-order valence-corrected chi connectivity index (χ4v) is 2.24. The zero-order valence-corrected chi connectivity index (χ0v) is 9.95. The van der Waals surface area contributed by atoms with E-state index in [4.69, 9.17) is 5.84 Å². The molecule has 7 nitrogen and oxygen atoms in total. The van der Waals surface area contributed by atoms with Gasteiger partial charge < -0.3 is 10.7 Å². The zero-order valence-electron chi connectivity index (χ0n) is 9.14. The van der Waals surface area contributed by atoms with Gasteiger partial charge in [0.1, 0.15) is 15.7 Å². The van der Waals surface area contributed by atoms with Gasteiger partial charge in [0.05, 0.1) is 18.1 Å². The summed E-state index contributed by atoms with van der Waals surface area (Å²) in [5.41, 5.74) is 2.36. The highest BCUT2D eigenvalue weighted by atomic mass is 32.2. The predicted molar refractivity (Wildman–Crippen MR) is 62.6 cm³/mol. The van der Waals surface area contributed by atoms with Crippen LogP contribution in [0.15, 0.2) is 12.4 Å². The van der Waals surface area contributed by atoms with Crippen molar-refractivity contribution < 1.29 is 8.42 Å². The van der Waals surface area contributed by atoms with Crippen molar-refractivity contribution in [1.82, 2.24) is 9.97 Å². The van der Waals surface area contributed by atoms with Crippen LogP contribution in [0.4, 0.5) is 11.6 Å². The molecule has 0 radical (unpaired) electrons. The topological polar surface area (TPSA) is 110 Å². The number of hydrogen-bond acceptors (Lipinski definition) is 7. The average Bonchev–Trinajstić information content (AvgIpc) is 2.15. The van der Waals surface area contributed by atoms with E-state index >= 15 is 0 Å². The van der Waals surface area contributed by atoms with Gasteiger partial charge in [0.15, 0.2) is 5.82 Å². The lowest BCUT2D eigenvalue weighted by molar-refractivity contribution is 0.598. The van der Waals surface area contributed by atoms with Crippen LogP contribution in [0.3, 0.4) is 0 Å². The molecule has 4 N–H and O–H groups in total. The zero-order chi connectivity index (χ0) is 12.2. The van der Waals surface area contributed by atoms with Crippen LogP contribution in [0, 0.1) is 0 Å². The Balaban J connectivity index is 2.65. The number of sulfone groups is 1. The molecule has 0 aliphatic heterocycles. The Bertz CT molecular complexity index is 447. The highest BCUT2D eigenvalue weighted by molar-refractivity contribution is 7.90. The van der Waals surface area contributed by atoms with Crippen LogP contribution in [-0.2, 0) is 9.84 Å². The molecule has 1 unspecified atom stereocenters. The summed E-state index contributed by atoms with van der Waals surface area (Å²) >= 11 is 0. The third-order valence-electron chi connectivity index (χ3n) is 1.73. The van der Waals surface area contributed by atoms with Gasteiger partial charge in [0.2, 0.25) is 0 Å². The Morgan fingerprint density at radius 1 is 1.44 bits per heavy atom. The second-order valence-corrected chi connectivity index (χ2v) is 5.76. The highest BCUT2D eigenvalue weighted by Gasteiger charge is 2.10. The molecule has 0 bridgehead atoms. The third kappa shape index (κ3) is 4.41. The molecule has 1 atom stereocenters. The number of hydrogen-bond donors (Lipinski definition) is 3. The van der Waals surface area contributed by atoms with Crippen LogP contribution < -0.4 is 16.6 Å². The maximum atomic E-state index is 11.0. The van der Waals surface area contributed by atoms with Gasteiger partial charge in [-0.3, -0.25) is 4.98 Å². The van der Waals surface area contributed by atoms with Gasteiger partial charge in [-0.1, -0.05) is 0 Å². The summed E-state index contributed by atoms with van der Waals surface area (Å²) in [6, 6.07) is -0.239. The second kappa shape index (κ2) is 5.08. The van der Waals surface area contributed by atoms with E-state index in [0.717, 1.165) is 0 Å². The number of nitrogen functional groups attached to an aromatic ring is 1. The number of nitrogens with two attached hydrogens (primary N) is 1. The van der Waals surface area contributed by atoms with Crippen molar-refractivity contribution in [2.75, 3.05) is 22.8 Å². The Morgan fingerprint density at radius 2 is 2.06 bits per heavy atom. The summed E-state index contributed by atoms with van der Waals surface area (Å²) in [5.74, 6) is 6.10. The maximum absolute atomic E-state index is 11.0. The van der Waals surface area contributed by atoms with Crippen LogP contribution in [-0.4, -0.2) is 36.4 Å². The van der Waals surface area contributed by atoms with E-state index in [9.17, 15) is 8.42 Å². The minimum atomic E-state index is -3.01. The van der Waals surface area contributed by atoms with Gasteiger partial charge in [-0.2, -0.15) is 0 Å². The average molecular weight is 245 g/mol. The van der Waals surface area contributed by atoms with Crippen LogP contribution in [0.5, 0.6) is 0 Å². The van der Waals surface area contributed by atoms with Crippen LogP contribution >= 0.6 is 0 Å². The number of hydrazine groups is 1. The van der Waals surface area contributed by atoms with E-state index in [1.165, 1.54) is 18.6 Å². The fraction of sp³-hybridized carbons (Fsp3) is 0.500. The smallest absolute Gasteiger partial charge is 0.160 e. The number of aromatic nitrogens is 2. The fourth-order valence-electron chi connectivity index (χ4n) is 1.25. The van der Waals surface area contributed by atoms with Crippen LogP contribution in [0.1, 0.15) is 6.92 Å².